The molecule has 3 heterocycles. The maximum Gasteiger partial charge on any atom is 0.222 e. The number of ether oxygens (including phenoxy) is 1. The minimum atomic E-state index is 0.329. The van der Waals surface area contributed by atoms with Gasteiger partial charge in [-0.1, -0.05) is 6.07 Å². The number of carbonyl (C=O) groups is 1. The lowest BCUT2D eigenvalue weighted by molar-refractivity contribution is -0.127. The molecule has 6 heteroatoms. The van der Waals surface area contributed by atoms with Crippen molar-refractivity contribution >= 4 is 5.91 Å². The van der Waals surface area contributed by atoms with Gasteiger partial charge >= 0.3 is 0 Å². The lowest BCUT2D eigenvalue weighted by Crippen LogP contribution is -2.48. The summed E-state index contributed by atoms with van der Waals surface area (Å²) in [5.74, 6) is 0.991. The molecule has 1 aromatic rings. The fraction of sp³-hybridized carbons (Fsp3) is 0.647. The minimum absolute atomic E-state index is 0.329. The van der Waals surface area contributed by atoms with Crippen LogP contribution in [-0.4, -0.2) is 78.5 Å². The van der Waals surface area contributed by atoms with Gasteiger partial charge in [0.25, 0.3) is 0 Å². The smallest absolute Gasteiger partial charge is 0.222 e. The predicted octanol–water partition coefficient (Wildman–Crippen LogP) is 0.830. The topological polar surface area (TPSA) is 48.9 Å². The zero-order valence-electron chi connectivity index (χ0n) is 13.9. The Morgan fingerprint density at radius 3 is 2.48 bits per heavy atom. The minimum Gasteiger partial charge on any atom is -0.481 e. The van der Waals surface area contributed by atoms with Crippen molar-refractivity contribution in [3.63, 3.8) is 0 Å². The molecule has 0 bridgehead atoms. The van der Waals surface area contributed by atoms with Gasteiger partial charge in [0.1, 0.15) is 0 Å². The third-order valence-electron chi connectivity index (χ3n) is 4.74. The van der Waals surface area contributed by atoms with Crippen molar-refractivity contribution in [3.05, 3.63) is 23.9 Å². The molecule has 0 saturated carbocycles. The van der Waals surface area contributed by atoms with Gasteiger partial charge in [-0.05, 0) is 12.0 Å². The average molecular weight is 318 g/mol. The molecule has 1 amide bonds. The molecule has 0 N–H and O–H groups in total. The van der Waals surface area contributed by atoms with E-state index in [1.807, 2.05) is 17.2 Å². The Morgan fingerprint density at radius 2 is 1.87 bits per heavy atom. The molecular formula is C17H26N4O2. The number of hydrogen-bond acceptors (Lipinski definition) is 5. The monoisotopic (exact) mass is 318 g/mol. The Kier molecular flexibility index (Phi) is 5.46. The summed E-state index contributed by atoms with van der Waals surface area (Å²) in [6.45, 7) is 8.07. The Bertz CT molecular complexity index is 512. The molecule has 2 aliphatic rings. The van der Waals surface area contributed by atoms with Gasteiger partial charge in [0.05, 0.1) is 7.11 Å². The van der Waals surface area contributed by atoms with Crippen LogP contribution < -0.4 is 4.74 Å². The van der Waals surface area contributed by atoms with E-state index >= 15 is 0 Å². The number of rotatable bonds is 6. The van der Waals surface area contributed by atoms with Crippen LogP contribution in [0.1, 0.15) is 18.4 Å². The molecule has 2 fully saturated rings. The van der Waals surface area contributed by atoms with Crippen molar-refractivity contribution in [2.75, 3.05) is 52.9 Å². The van der Waals surface area contributed by atoms with Gasteiger partial charge in [-0.3, -0.25) is 14.6 Å². The Balaban J connectivity index is 1.38. The van der Waals surface area contributed by atoms with Crippen LogP contribution >= 0.6 is 0 Å². The van der Waals surface area contributed by atoms with Crippen molar-refractivity contribution in [3.8, 4) is 5.88 Å². The van der Waals surface area contributed by atoms with Crippen molar-refractivity contribution in [2.24, 2.45) is 0 Å². The Hall–Kier alpha value is -1.66. The molecule has 0 aromatic carbocycles. The quantitative estimate of drug-likeness (QED) is 0.778. The van der Waals surface area contributed by atoms with E-state index in [-0.39, 0.29) is 0 Å². The van der Waals surface area contributed by atoms with Crippen molar-refractivity contribution in [2.45, 2.75) is 19.4 Å². The molecule has 0 spiro atoms. The first-order valence-corrected chi connectivity index (χ1v) is 8.46. The molecule has 0 radical (unpaired) electrons. The van der Waals surface area contributed by atoms with E-state index in [1.165, 1.54) is 5.56 Å². The fourth-order valence-electron chi connectivity index (χ4n) is 3.26. The van der Waals surface area contributed by atoms with E-state index in [0.29, 0.717) is 11.8 Å². The summed E-state index contributed by atoms with van der Waals surface area (Å²) in [4.78, 5) is 22.8. The summed E-state index contributed by atoms with van der Waals surface area (Å²) in [5, 5.41) is 0. The summed E-state index contributed by atoms with van der Waals surface area (Å²) >= 11 is 0. The first-order valence-electron chi connectivity index (χ1n) is 8.46. The number of likely N-dealkylation sites (tertiary alicyclic amines) is 1. The standard InChI is InChI=1S/C17H26N4O2/c1-23-16-5-4-15(13-18-16)14-20-9-7-19(8-10-20)11-12-21-6-2-3-17(21)22/h4-5,13H,2-3,6-12,14H2,1H3. The maximum atomic E-state index is 11.6. The largest absolute Gasteiger partial charge is 0.481 e. The fourth-order valence-corrected chi connectivity index (χ4v) is 3.26. The van der Waals surface area contributed by atoms with E-state index in [1.54, 1.807) is 7.11 Å². The number of carbonyl (C=O) groups excluding carboxylic acids is 1. The average Bonchev–Trinajstić information content (AvgIpc) is 3.00. The molecule has 0 aliphatic carbocycles. The highest BCUT2D eigenvalue weighted by Crippen LogP contribution is 2.12. The van der Waals surface area contributed by atoms with E-state index in [0.717, 1.165) is 65.2 Å². The lowest BCUT2D eigenvalue weighted by atomic mass is 10.2. The zero-order chi connectivity index (χ0) is 16.1. The molecule has 126 valence electrons. The van der Waals surface area contributed by atoms with E-state index in [4.69, 9.17) is 4.74 Å². The number of piperazine rings is 1. The molecule has 6 nitrogen and oxygen atoms in total. The summed E-state index contributed by atoms with van der Waals surface area (Å²) < 4.78 is 5.09. The lowest BCUT2D eigenvalue weighted by Gasteiger charge is -2.35. The second-order valence-corrected chi connectivity index (χ2v) is 6.31. The van der Waals surface area contributed by atoms with Gasteiger partial charge < -0.3 is 9.64 Å². The molecule has 0 atom stereocenters. The number of pyridine rings is 1. The molecule has 2 aliphatic heterocycles. The molecule has 23 heavy (non-hydrogen) atoms. The van der Waals surface area contributed by atoms with Crippen molar-refractivity contribution < 1.29 is 9.53 Å². The van der Waals surface area contributed by atoms with Crippen LogP contribution in [0.25, 0.3) is 0 Å². The van der Waals surface area contributed by atoms with E-state index < -0.39 is 0 Å². The number of nitrogens with zero attached hydrogens (tertiary/aromatic N) is 4. The molecular weight excluding hydrogens is 292 g/mol. The van der Waals surface area contributed by atoms with E-state index in [2.05, 4.69) is 20.9 Å². The molecule has 1 aromatic heterocycles. The molecule has 2 saturated heterocycles. The van der Waals surface area contributed by atoms with Crippen LogP contribution in [0.2, 0.25) is 0 Å². The van der Waals surface area contributed by atoms with Crippen LogP contribution in [0.4, 0.5) is 0 Å². The normalized spacial score (nSPS) is 20.2. The van der Waals surface area contributed by atoms with Crippen LogP contribution in [0.15, 0.2) is 18.3 Å². The second kappa shape index (κ2) is 7.75. The van der Waals surface area contributed by atoms with Gasteiger partial charge in [-0.15, -0.1) is 0 Å². The van der Waals surface area contributed by atoms with E-state index in [9.17, 15) is 4.79 Å². The molecule has 0 unspecified atom stereocenters. The first kappa shape index (κ1) is 16.2. The third-order valence-corrected chi connectivity index (χ3v) is 4.74. The van der Waals surface area contributed by atoms with Gasteiger partial charge in [0.2, 0.25) is 11.8 Å². The first-order chi connectivity index (χ1) is 11.2. The highest BCUT2D eigenvalue weighted by molar-refractivity contribution is 5.78. The predicted molar refractivity (Wildman–Crippen MR) is 88.3 cm³/mol. The van der Waals surface area contributed by atoms with Gasteiger partial charge in [0.15, 0.2) is 0 Å². The summed E-state index contributed by atoms with van der Waals surface area (Å²) in [6.07, 6.45) is 3.66. The zero-order valence-corrected chi connectivity index (χ0v) is 13.9. The van der Waals surface area contributed by atoms with Crippen molar-refractivity contribution in [1.82, 2.24) is 19.7 Å². The number of hydrogen-bond donors (Lipinski definition) is 0. The number of methoxy groups -OCH3 is 1. The van der Waals surface area contributed by atoms with Crippen LogP contribution in [0.3, 0.4) is 0 Å². The van der Waals surface area contributed by atoms with Gasteiger partial charge in [-0.25, -0.2) is 4.98 Å². The highest BCUT2D eigenvalue weighted by atomic mass is 16.5. The summed E-state index contributed by atoms with van der Waals surface area (Å²) in [5.41, 5.74) is 1.22. The highest BCUT2D eigenvalue weighted by Gasteiger charge is 2.22. The second-order valence-electron chi connectivity index (χ2n) is 6.31. The number of aromatic nitrogens is 1. The number of amides is 1. The van der Waals surface area contributed by atoms with Crippen LogP contribution in [-0.2, 0) is 11.3 Å². The summed E-state index contributed by atoms with van der Waals surface area (Å²) in [7, 11) is 1.64. The maximum absolute atomic E-state index is 11.6. The van der Waals surface area contributed by atoms with Crippen LogP contribution in [0, 0.1) is 0 Å². The molecule has 3 rings (SSSR count). The van der Waals surface area contributed by atoms with Gasteiger partial charge in [0, 0.05) is 71.0 Å². The summed E-state index contributed by atoms with van der Waals surface area (Å²) in [6, 6.07) is 4.00. The van der Waals surface area contributed by atoms with Crippen LogP contribution in [0.5, 0.6) is 5.88 Å². The van der Waals surface area contributed by atoms with Gasteiger partial charge in [-0.2, -0.15) is 0 Å². The Morgan fingerprint density at radius 1 is 1.09 bits per heavy atom. The third kappa shape index (κ3) is 4.42. The van der Waals surface area contributed by atoms with Crippen molar-refractivity contribution in [1.29, 1.82) is 0 Å². The SMILES string of the molecule is COc1ccc(CN2CCN(CCN3CCCC3=O)CC2)cn1. The Labute approximate surface area is 138 Å².